The summed E-state index contributed by atoms with van der Waals surface area (Å²) in [6, 6.07) is 7.73. The Morgan fingerprint density at radius 1 is 1.11 bits per heavy atom. The highest BCUT2D eigenvalue weighted by Crippen LogP contribution is 2.36. The van der Waals surface area contributed by atoms with Crippen molar-refractivity contribution in [3.63, 3.8) is 0 Å². The molecule has 1 heterocycles. The SMILES string of the molecule is Cc1ccc(C#N)cc1B1OC(C)(C)C(C)(C)O1. The van der Waals surface area contributed by atoms with Crippen molar-refractivity contribution in [2.75, 3.05) is 0 Å². The van der Waals surface area contributed by atoms with Gasteiger partial charge in [0.1, 0.15) is 0 Å². The lowest BCUT2D eigenvalue weighted by atomic mass is 9.75. The van der Waals surface area contributed by atoms with E-state index in [4.69, 9.17) is 14.6 Å². The highest BCUT2D eigenvalue weighted by atomic mass is 16.7. The molecule has 0 saturated carbocycles. The van der Waals surface area contributed by atoms with Gasteiger partial charge in [0.2, 0.25) is 0 Å². The van der Waals surface area contributed by atoms with E-state index in [2.05, 4.69) is 6.07 Å². The maximum Gasteiger partial charge on any atom is 0.495 e. The number of hydrogen-bond donors (Lipinski definition) is 0. The van der Waals surface area contributed by atoms with E-state index >= 15 is 0 Å². The van der Waals surface area contributed by atoms with Crippen LogP contribution in [-0.2, 0) is 9.31 Å². The fourth-order valence-corrected chi connectivity index (χ4v) is 1.93. The van der Waals surface area contributed by atoms with Gasteiger partial charge in [-0.3, -0.25) is 0 Å². The van der Waals surface area contributed by atoms with E-state index in [0.717, 1.165) is 11.0 Å². The number of benzene rings is 1. The van der Waals surface area contributed by atoms with E-state index in [1.807, 2.05) is 52.8 Å². The van der Waals surface area contributed by atoms with Crippen LogP contribution in [0.4, 0.5) is 0 Å². The van der Waals surface area contributed by atoms with Gasteiger partial charge >= 0.3 is 7.12 Å². The third kappa shape index (κ3) is 2.05. The van der Waals surface area contributed by atoms with Crippen LogP contribution < -0.4 is 5.46 Å². The lowest BCUT2D eigenvalue weighted by molar-refractivity contribution is 0.00578. The molecule has 3 nitrogen and oxygen atoms in total. The topological polar surface area (TPSA) is 42.2 Å². The van der Waals surface area contributed by atoms with Gasteiger partial charge in [0.05, 0.1) is 22.8 Å². The normalized spacial score (nSPS) is 20.8. The molecule has 1 aliphatic rings. The Bertz CT molecular complexity index is 501. The zero-order valence-electron chi connectivity index (χ0n) is 11.6. The summed E-state index contributed by atoms with van der Waals surface area (Å²) in [7, 11) is -0.400. The molecule has 1 aliphatic heterocycles. The van der Waals surface area contributed by atoms with E-state index in [1.165, 1.54) is 0 Å². The summed E-state index contributed by atoms with van der Waals surface area (Å²) in [5.41, 5.74) is 1.94. The van der Waals surface area contributed by atoms with Crippen LogP contribution in [-0.4, -0.2) is 18.3 Å². The highest BCUT2D eigenvalue weighted by Gasteiger charge is 2.52. The highest BCUT2D eigenvalue weighted by molar-refractivity contribution is 6.62. The second-order valence-corrected chi connectivity index (χ2v) is 5.77. The molecule has 0 N–H and O–H groups in total. The van der Waals surface area contributed by atoms with Gasteiger partial charge in [-0.25, -0.2) is 0 Å². The fourth-order valence-electron chi connectivity index (χ4n) is 1.93. The molecule has 0 atom stereocenters. The van der Waals surface area contributed by atoms with Gasteiger partial charge < -0.3 is 9.31 Å². The van der Waals surface area contributed by atoms with Crippen LogP contribution in [0.1, 0.15) is 38.8 Å². The van der Waals surface area contributed by atoms with E-state index < -0.39 is 7.12 Å². The molecular formula is C14H18BNO2. The molecule has 1 aromatic carbocycles. The predicted molar refractivity (Wildman–Crippen MR) is 71.6 cm³/mol. The van der Waals surface area contributed by atoms with Crippen LogP contribution in [0, 0.1) is 18.3 Å². The Kier molecular flexibility index (Phi) is 3.00. The van der Waals surface area contributed by atoms with Gasteiger partial charge in [0, 0.05) is 0 Å². The predicted octanol–water partition coefficient (Wildman–Crippen LogP) is 2.17. The maximum absolute atomic E-state index is 8.97. The first-order valence-electron chi connectivity index (χ1n) is 6.13. The minimum Gasteiger partial charge on any atom is -0.399 e. The van der Waals surface area contributed by atoms with Gasteiger partial charge in [-0.15, -0.1) is 0 Å². The molecule has 0 spiro atoms. The monoisotopic (exact) mass is 243 g/mol. The average Bonchev–Trinajstić information content (AvgIpc) is 2.48. The number of nitrogens with zero attached hydrogens (tertiary/aromatic N) is 1. The van der Waals surface area contributed by atoms with Crippen LogP contribution in [0.2, 0.25) is 0 Å². The summed E-state index contributed by atoms with van der Waals surface area (Å²) < 4.78 is 12.0. The van der Waals surface area contributed by atoms with Crippen molar-refractivity contribution < 1.29 is 9.31 Å². The molecule has 0 amide bonds. The van der Waals surface area contributed by atoms with Crippen LogP contribution in [0.5, 0.6) is 0 Å². The lowest BCUT2D eigenvalue weighted by Gasteiger charge is -2.32. The Hall–Kier alpha value is -1.31. The summed E-state index contributed by atoms with van der Waals surface area (Å²) in [6.07, 6.45) is 0. The summed E-state index contributed by atoms with van der Waals surface area (Å²) in [5, 5.41) is 8.97. The molecule has 0 unspecified atom stereocenters. The quantitative estimate of drug-likeness (QED) is 0.710. The van der Waals surface area contributed by atoms with E-state index in [0.29, 0.717) is 5.56 Å². The van der Waals surface area contributed by atoms with Crippen molar-refractivity contribution in [3.05, 3.63) is 29.3 Å². The minimum absolute atomic E-state index is 0.354. The van der Waals surface area contributed by atoms with Crippen LogP contribution in [0.3, 0.4) is 0 Å². The van der Waals surface area contributed by atoms with Gasteiger partial charge in [-0.1, -0.05) is 11.6 Å². The standard InChI is InChI=1S/C14H18BNO2/c1-10-6-7-11(9-16)8-12(10)15-17-13(2,3)14(4,5)18-15/h6-8H,1-5H3. The average molecular weight is 243 g/mol. The lowest BCUT2D eigenvalue weighted by Crippen LogP contribution is -2.41. The third-order valence-electron chi connectivity index (χ3n) is 3.92. The minimum atomic E-state index is -0.400. The molecular weight excluding hydrogens is 225 g/mol. The molecule has 18 heavy (non-hydrogen) atoms. The largest absolute Gasteiger partial charge is 0.495 e. The molecule has 0 aromatic heterocycles. The maximum atomic E-state index is 8.97. The van der Waals surface area contributed by atoms with Crippen LogP contribution in [0.15, 0.2) is 18.2 Å². The Balaban J connectivity index is 2.38. The number of hydrogen-bond acceptors (Lipinski definition) is 3. The van der Waals surface area contributed by atoms with Gasteiger partial charge in [0.25, 0.3) is 0 Å². The molecule has 0 bridgehead atoms. The Morgan fingerprint density at radius 2 is 1.67 bits per heavy atom. The molecule has 1 saturated heterocycles. The molecule has 1 aromatic rings. The zero-order valence-corrected chi connectivity index (χ0v) is 11.6. The van der Waals surface area contributed by atoms with Crippen molar-refractivity contribution in [2.24, 2.45) is 0 Å². The second kappa shape index (κ2) is 4.12. The molecule has 2 rings (SSSR count). The van der Waals surface area contributed by atoms with Gasteiger partial charge in [-0.05, 0) is 52.2 Å². The van der Waals surface area contributed by atoms with E-state index in [-0.39, 0.29) is 11.2 Å². The summed E-state index contributed by atoms with van der Waals surface area (Å²) in [6.45, 7) is 10.1. The van der Waals surface area contributed by atoms with Crippen molar-refractivity contribution in [1.82, 2.24) is 0 Å². The van der Waals surface area contributed by atoms with E-state index in [1.54, 1.807) is 0 Å². The molecule has 0 aliphatic carbocycles. The summed E-state index contributed by atoms with van der Waals surface area (Å²) >= 11 is 0. The third-order valence-corrected chi connectivity index (χ3v) is 3.92. The summed E-state index contributed by atoms with van der Waals surface area (Å²) in [5.74, 6) is 0. The van der Waals surface area contributed by atoms with Crippen molar-refractivity contribution in [3.8, 4) is 6.07 Å². The first-order chi connectivity index (χ1) is 8.27. The first kappa shape index (κ1) is 13.1. The fraction of sp³-hybridized carbons (Fsp3) is 0.500. The van der Waals surface area contributed by atoms with Crippen molar-refractivity contribution >= 4 is 12.6 Å². The molecule has 94 valence electrons. The first-order valence-corrected chi connectivity index (χ1v) is 6.13. The zero-order chi connectivity index (χ0) is 13.6. The molecule has 4 heteroatoms. The molecule has 1 fully saturated rings. The summed E-state index contributed by atoms with van der Waals surface area (Å²) in [4.78, 5) is 0. The number of nitriles is 1. The van der Waals surface area contributed by atoms with Crippen molar-refractivity contribution in [2.45, 2.75) is 45.8 Å². The van der Waals surface area contributed by atoms with Crippen molar-refractivity contribution in [1.29, 1.82) is 5.26 Å². The van der Waals surface area contributed by atoms with Crippen LogP contribution >= 0.6 is 0 Å². The van der Waals surface area contributed by atoms with Gasteiger partial charge in [-0.2, -0.15) is 5.26 Å². The van der Waals surface area contributed by atoms with Crippen LogP contribution in [0.25, 0.3) is 0 Å². The van der Waals surface area contributed by atoms with Gasteiger partial charge in [0.15, 0.2) is 0 Å². The Morgan fingerprint density at radius 3 is 2.17 bits per heavy atom. The second-order valence-electron chi connectivity index (χ2n) is 5.77. The smallest absolute Gasteiger partial charge is 0.399 e. The number of rotatable bonds is 1. The number of aryl methyl sites for hydroxylation is 1. The van der Waals surface area contributed by atoms with E-state index in [9.17, 15) is 0 Å². The Labute approximate surface area is 109 Å². The molecule has 0 radical (unpaired) electrons.